The molecule has 6 nitrogen and oxygen atoms in total. The van der Waals surface area contributed by atoms with E-state index in [0.29, 0.717) is 19.4 Å². The van der Waals surface area contributed by atoms with Crippen LogP contribution in [0.4, 0.5) is 0 Å². The Balaban J connectivity index is 1.85. The first-order chi connectivity index (χ1) is 9.97. The predicted octanol–water partition coefficient (Wildman–Crippen LogP) is 0.904. The Hall–Kier alpha value is -1.44. The first kappa shape index (κ1) is 15.9. The molecule has 0 amide bonds. The normalized spacial score (nSPS) is 17.7. The third kappa shape index (κ3) is 4.80. The molecule has 0 bridgehead atoms. The van der Waals surface area contributed by atoms with Crippen molar-refractivity contribution in [3.05, 3.63) is 30.3 Å². The van der Waals surface area contributed by atoms with E-state index in [2.05, 4.69) is 9.62 Å². The van der Waals surface area contributed by atoms with Crippen LogP contribution < -0.4 is 4.72 Å². The van der Waals surface area contributed by atoms with Crippen molar-refractivity contribution in [2.75, 3.05) is 19.6 Å². The lowest BCUT2D eigenvalue weighted by molar-refractivity contribution is -0.137. The Bertz CT molecular complexity index is 566. The van der Waals surface area contributed by atoms with Gasteiger partial charge in [-0.25, -0.2) is 13.1 Å². The zero-order chi connectivity index (χ0) is 15.3. The van der Waals surface area contributed by atoms with Gasteiger partial charge in [0.2, 0.25) is 10.0 Å². The summed E-state index contributed by atoms with van der Waals surface area (Å²) in [5.41, 5.74) is 0. The van der Waals surface area contributed by atoms with Gasteiger partial charge in [0.1, 0.15) is 0 Å². The Morgan fingerprint density at radius 3 is 2.43 bits per heavy atom. The van der Waals surface area contributed by atoms with Crippen LogP contribution in [-0.4, -0.2) is 50.1 Å². The van der Waals surface area contributed by atoms with Crippen LogP contribution >= 0.6 is 0 Å². The van der Waals surface area contributed by atoms with Crippen LogP contribution in [0.3, 0.4) is 0 Å². The smallest absolute Gasteiger partial charge is 0.304 e. The molecule has 0 unspecified atom stereocenters. The van der Waals surface area contributed by atoms with Gasteiger partial charge in [0.05, 0.1) is 11.3 Å². The predicted molar refractivity (Wildman–Crippen MR) is 78.5 cm³/mol. The molecular weight excluding hydrogens is 292 g/mol. The Morgan fingerprint density at radius 2 is 1.86 bits per heavy atom. The molecule has 0 spiro atoms. The van der Waals surface area contributed by atoms with E-state index < -0.39 is 16.0 Å². The molecule has 1 saturated heterocycles. The van der Waals surface area contributed by atoms with Gasteiger partial charge in [-0.3, -0.25) is 4.79 Å². The number of carbonyl (C=O) groups is 1. The van der Waals surface area contributed by atoms with E-state index in [1.54, 1.807) is 30.3 Å². The number of benzene rings is 1. The van der Waals surface area contributed by atoms with Crippen molar-refractivity contribution >= 4 is 16.0 Å². The van der Waals surface area contributed by atoms with Gasteiger partial charge in [0.25, 0.3) is 0 Å². The zero-order valence-corrected chi connectivity index (χ0v) is 12.6. The van der Waals surface area contributed by atoms with E-state index in [4.69, 9.17) is 5.11 Å². The standard InChI is InChI=1S/C14H20N2O4S/c17-14(18)8-11-16-9-6-12(7-10-16)15-21(19,20)13-4-2-1-3-5-13/h1-5,12,15H,6-11H2,(H,17,18). The van der Waals surface area contributed by atoms with Gasteiger partial charge in [-0.15, -0.1) is 0 Å². The maximum Gasteiger partial charge on any atom is 0.304 e. The highest BCUT2D eigenvalue weighted by atomic mass is 32.2. The molecule has 1 heterocycles. The summed E-state index contributed by atoms with van der Waals surface area (Å²) in [6.07, 6.45) is 1.53. The highest BCUT2D eigenvalue weighted by Crippen LogP contribution is 2.15. The maximum absolute atomic E-state index is 12.2. The summed E-state index contributed by atoms with van der Waals surface area (Å²) in [7, 11) is -3.47. The van der Waals surface area contributed by atoms with E-state index >= 15 is 0 Å². The van der Waals surface area contributed by atoms with Gasteiger partial charge in [0.15, 0.2) is 0 Å². The SMILES string of the molecule is O=C(O)CCN1CCC(NS(=O)(=O)c2ccccc2)CC1. The lowest BCUT2D eigenvalue weighted by Gasteiger charge is -2.31. The number of piperidine rings is 1. The Labute approximate surface area is 124 Å². The van der Waals surface area contributed by atoms with Crippen molar-refractivity contribution in [3.63, 3.8) is 0 Å². The number of nitrogens with zero attached hydrogens (tertiary/aromatic N) is 1. The third-order valence-electron chi connectivity index (χ3n) is 3.60. The fraction of sp³-hybridized carbons (Fsp3) is 0.500. The van der Waals surface area contributed by atoms with E-state index in [0.717, 1.165) is 13.1 Å². The molecule has 2 rings (SSSR count). The molecule has 0 aromatic heterocycles. The molecule has 1 aliphatic heterocycles. The maximum atomic E-state index is 12.2. The fourth-order valence-electron chi connectivity index (χ4n) is 2.42. The largest absolute Gasteiger partial charge is 0.481 e. The molecule has 0 saturated carbocycles. The molecule has 0 atom stereocenters. The minimum atomic E-state index is -3.47. The van der Waals surface area contributed by atoms with E-state index in [1.165, 1.54) is 0 Å². The van der Waals surface area contributed by atoms with E-state index in [1.807, 2.05) is 0 Å². The van der Waals surface area contributed by atoms with Crippen LogP contribution in [0.25, 0.3) is 0 Å². The summed E-state index contributed by atoms with van der Waals surface area (Å²) >= 11 is 0. The monoisotopic (exact) mass is 312 g/mol. The quantitative estimate of drug-likeness (QED) is 0.815. The molecular formula is C14H20N2O4S. The van der Waals surface area contributed by atoms with Gasteiger partial charge >= 0.3 is 5.97 Å². The minimum Gasteiger partial charge on any atom is -0.481 e. The number of sulfonamides is 1. The summed E-state index contributed by atoms with van der Waals surface area (Å²) in [6, 6.07) is 8.23. The number of aliphatic carboxylic acids is 1. The summed E-state index contributed by atoms with van der Waals surface area (Å²) < 4.78 is 27.1. The van der Waals surface area contributed by atoms with Gasteiger partial charge in [0, 0.05) is 12.6 Å². The average Bonchev–Trinajstić information content (AvgIpc) is 2.47. The van der Waals surface area contributed by atoms with Crippen LogP contribution in [0.2, 0.25) is 0 Å². The number of carboxylic acid groups (broad SMARTS) is 1. The molecule has 7 heteroatoms. The number of likely N-dealkylation sites (tertiary alicyclic amines) is 1. The van der Waals surface area contributed by atoms with Crippen molar-refractivity contribution < 1.29 is 18.3 Å². The van der Waals surface area contributed by atoms with Crippen molar-refractivity contribution in [2.24, 2.45) is 0 Å². The molecule has 1 fully saturated rings. The number of rotatable bonds is 6. The summed E-state index contributed by atoms with van der Waals surface area (Å²) in [4.78, 5) is 12.9. The molecule has 0 aliphatic carbocycles. The van der Waals surface area contributed by atoms with Crippen LogP contribution in [0, 0.1) is 0 Å². The molecule has 0 radical (unpaired) electrons. The molecule has 116 valence electrons. The van der Waals surface area contributed by atoms with E-state index in [9.17, 15) is 13.2 Å². The number of nitrogens with one attached hydrogen (secondary N) is 1. The molecule has 2 N–H and O–H groups in total. The minimum absolute atomic E-state index is 0.0868. The number of hydrogen-bond acceptors (Lipinski definition) is 4. The molecule has 21 heavy (non-hydrogen) atoms. The summed E-state index contributed by atoms with van der Waals surface area (Å²) in [5.74, 6) is -0.804. The van der Waals surface area contributed by atoms with Crippen LogP contribution in [0.1, 0.15) is 19.3 Å². The molecule has 1 aromatic rings. The molecule has 1 aromatic carbocycles. The Morgan fingerprint density at radius 1 is 1.24 bits per heavy atom. The molecule has 1 aliphatic rings. The van der Waals surface area contributed by atoms with Crippen LogP contribution in [0.5, 0.6) is 0 Å². The van der Waals surface area contributed by atoms with Gasteiger partial charge in [-0.05, 0) is 38.1 Å². The lowest BCUT2D eigenvalue weighted by atomic mass is 10.1. The Kier molecular flexibility index (Phi) is 5.33. The second-order valence-electron chi connectivity index (χ2n) is 5.19. The zero-order valence-electron chi connectivity index (χ0n) is 11.7. The number of hydrogen-bond donors (Lipinski definition) is 2. The van der Waals surface area contributed by atoms with Crippen molar-refractivity contribution in [3.8, 4) is 0 Å². The highest BCUT2D eigenvalue weighted by molar-refractivity contribution is 7.89. The van der Waals surface area contributed by atoms with Gasteiger partial charge in [-0.1, -0.05) is 18.2 Å². The average molecular weight is 312 g/mol. The van der Waals surface area contributed by atoms with E-state index in [-0.39, 0.29) is 17.4 Å². The van der Waals surface area contributed by atoms with Crippen LogP contribution in [-0.2, 0) is 14.8 Å². The van der Waals surface area contributed by atoms with Crippen molar-refractivity contribution in [2.45, 2.75) is 30.2 Å². The summed E-state index contributed by atoms with van der Waals surface area (Å²) in [5, 5.41) is 8.66. The van der Waals surface area contributed by atoms with Crippen molar-refractivity contribution in [1.82, 2.24) is 9.62 Å². The first-order valence-corrected chi connectivity index (χ1v) is 8.47. The second-order valence-corrected chi connectivity index (χ2v) is 6.91. The summed E-state index contributed by atoms with van der Waals surface area (Å²) in [6.45, 7) is 1.96. The third-order valence-corrected chi connectivity index (χ3v) is 5.14. The van der Waals surface area contributed by atoms with Gasteiger partial charge < -0.3 is 10.0 Å². The topological polar surface area (TPSA) is 86.7 Å². The highest BCUT2D eigenvalue weighted by Gasteiger charge is 2.24. The first-order valence-electron chi connectivity index (χ1n) is 6.99. The second kappa shape index (κ2) is 7.02. The number of carboxylic acids is 1. The van der Waals surface area contributed by atoms with Crippen molar-refractivity contribution in [1.29, 1.82) is 0 Å². The van der Waals surface area contributed by atoms with Crippen LogP contribution in [0.15, 0.2) is 35.2 Å². The fourth-order valence-corrected chi connectivity index (χ4v) is 3.74. The lowest BCUT2D eigenvalue weighted by Crippen LogP contribution is -2.45. The van der Waals surface area contributed by atoms with Gasteiger partial charge in [-0.2, -0.15) is 0 Å².